The van der Waals surface area contributed by atoms with Crippen LogP contribution in [0.15, 0.2) is 18.2 Å². The van der Waals surface area contributed by atoms with E-state index in [0.717, 1.165) is 52.0 Å². The van der Waals surface area contributed by atoms with E-state index in [9.17, 15) is 4.79 Å². The smallest absolute Gasteiger partial charge is 0.344 e. The first-order valence-corrected chi connectivity index (χ1v) is 9.00. The highest BCUT2D eigenvalue weighted by Gasteiger charge is 2.29. The van der Waals surface area contributed by atoms with Gasteiger partial charge in [0, 0.05) is 18.7 Å². The fourth-order valence-electron chi connectivity index (χ4n) is 3.44. The van der Waals surface area contributed by atoms with Gasteiger partial charge >= 0.3 is 5.97 Å². The first kappa shape index (κ1) is 16.8. The average Bonchev–Trinajstić information content (AvgIpc) is 3.41. The Morgan fingerprint density at radius 2 is 1.85 bits per heavy atom. The molecule has 134 valence electrons. The average molecular weight is 349 g/mol. The molecule has 0 radical (unpaired) electrons. The number of hydrogen-bond donors (Lipinski definition) is 0. The van der Waals surface area contributed by atoms with Crippen LogP contribution in [0.25, 0.3) is 11.0 Å². The summed E-state index contributed by atoms with van der Waals surface area (Å²) in [6.07, 6.45) is 2.25. The molecule has 0 spiro atoms. The molecule has 1 aromatic carbocycles. The van der Waals surface area contributed by atoms with E-state index >= 15 is 0 Å². The van der Waals surface area contributed by atoms with Crippen molar-refractivity contribution in [1.82, 2.24) is 14.8 Å². The van der Waals surface area contributed by atoms with Gasteiger partial charge in [-0.1, -0.05) is 12.1 Å². The van der Waals surface area contributed by atoms with Crippen LogP contribution in [0.1, 0.15) is 57.2 Å². The minimum Gasteiger partial charge on any atom is -0.422 e. The van der Waals surface area contributed by atoms with Crippen molar-refractivity contribution >= 4 is 17.0 Å². The van der Waals surface area contributed by atoms with Crippen LogP contribution >= 0.6 is 0 Å². The van der Waals surface area contributed by atoms with Crippen molar-refractivity contribution < 1.29 is 9.53 Å². The molecule has 1 fully saturated rings. The number of ether oxygens (including phenoxy) is 1. The van der Waals surface area contributed by atoms with Crippen molar-refractivity contribution in [1.29, 1.82) is 0 Å². The summed E-state index contributed by atoms with van der Waals surface area (Å²) >= 11 is 0. The summed E-state index contributed by atoms with van der Waals surface area (Å²) in [7, 11) is 1.86. The molecule has 0 bridgehead atoms. The summed E-state index contributed by atoms with van der Waals surface area (Å²) in [4.78, 5) is 17.9. The number of aromatic nitrogens is 3. The Labute approximate surface area is 153 Å². The van der Waals surface area contributed by atoms with Crippen molar-refractivity contribution in [3.05, 3.63) is 51.8 Å². The summed E-state index contributed by atoms with van der Waals surface area (Å²) in [5.41, 5.74) is 6.12. The number of carbonyl (C=O) groups is 1. The molecule has 5 nitrogen and oxygen atoms in total. The molecule has 2 aromatic heterocycles. The summed E-state index contributed by atoms with van der Waals surface area (Å²) in [6, 6.07) is 5.93. The third kappa shape index (κ3) is 2.68. The predicted octanol–water partition coefficient (Wildman–Crippen LogP) is 4.30. The molecule has 5 heteroatoms. The molecule has 4 rings (SSSR count). The van der Waals surface area contributed by atoms with E-state index < -0.39 is 0 Å². The maximum Gasteiger partial charge on any atom is 0.344 e. The van der Waals surface area contributed by atoms with Gasteiger partial charge in [-0.3, -0.25) is 4.68 Å². The van der Waals surface area contributed by atoms with Gasteiger partial charge in [0.05, 0.1) is 16.6 Å². The highest BCUT2D eigenvalue weighted by atomic mass is 16.5. The van der Waals surface area contributed by atoms with Crippen LogP contribution in [0.3, 0.4) is 0 Å². The number of rotatable bonds is 3. The van der Waals surface area contributed by atoms with Crippen LogP contribution in [-0.2, 0) is 7.05 Å². The van der Waals surface area contributed by atoms with Gasteiger partial charge in [-0.05, 0) is 63.3 Å². The Morgan fingerprint density at radius 3 is 2.54 bits per heavy atom. The van der Waals surface area contributed by atoms with Crippen molar-refractivity contribution in [2.45, 2.75) is 46.5 Å². The second kappa shape index (κ2) is 5.94. The molecule has 0 aliphatic heterocycles. The van der Waals surface area contributed by atoms with Crippen LogP contribution in [0, 0.1) is 27.7 Å². The maximum absolute atomic E-state index is 13.1. The Bertz CT molecular complexity index is 1050. The van der Waals surface area contributed by atoms with Gasteiger partial charge in [-0.15, -0.1) is 0 Å². The number of aryl methyl sites for hydroxylation is 4. The van der Waals surface area contributed by atoms with Crippen LogP contribution in [0.5, 0.6) is 5.75 Å². The van der Waals surface area contributed by atoms with Gasteiger partial charge in [-0.2, -0.15) is 5.10 Å². The topological polar surface area (TPSA) is 57.0 Å². The SMILES string of the molecule is Cc1ccc(C)c(OC(=O)c2cc(C3CC3)nc3c2c(C)nn3C)c1C. The zero-order valence-corrected chi connectivity index (χ0v) is 15.9. The second-order valence-corrected chi connectivity index (χ2v) is 7.32. The quantitative estimate of drug-likeness (QED) is 0.522. The standard InChI is InChI=1S/C21H23N3O2/c1-11-6-7-12(2)19(13(11)3)26-21(25)16-10-17(15-8-9-15)22-20-18(16)14(4)23-24(20)5/h6-7,10,15H,8-9H2,1-5H3. The molecule has 2 heterocycles. The number of hydrogen-bond acceptors (Lipinski definition) is 4. The van der Waals surface area contributed by atoms with Gasteiger partial charge in [0.1, 0.15) is 5.75 Å². The first-order chi connectivity index (χ1) is 12.4. The lowest BCUT2D eigenvalue weighted by Crippen LogP contribution is -2.12. The van der Waals surface area contributed by atoms with Crippen LogP contribution in [-0.4, -0.2) is 20.7 Å². The lowest BCUT2D eigenvalue weighted by atomic mass is 10.0. The Balaban J connectivity index is 1.83. The van der Waals surface area contributed by atoms with E-state index in [1.165, 1.54) is 0 Å². The van der Waals surface area contributed by atoms with Crippen LogP contribution in [0.4, 0.5) is 0 Å². The van der Waals surface area contributed by atoms with Gasteiger partial charge in [0.15, 0.2) is 5.65 Å². The normalized spacial score (nSPS) is 14.0. The van der Waals surface area contributed by atoms with E-state index in [2.05, 4.69) is 5.10 Å². The summed E-state index contributed by atoms with van der Waals surface area (Å²) in [6.45, 7) is 7.87. The van der Waals surface area contributed by atoms with Gasteiger partial charge in [0.25, 0.3) is 0 Å². The molecule has 0 atom stereocenters. The number of benzene rings is 1. The lowest BCUT2D eigenvalue weighted by molar-refractivity contribution is 0.0734. The third-order valence-electron chi connectivity index (χ3n) is 5.27. The van der Waals surface area contributed by atoms with E-state index in [1.54, 1.807) is 4.68 Å². The predicted molar refractivity (Wildman–Crippen MR) is 101 cm³/mol. The fourth-order valence-corrected chi connectivity index (χ4v) is 3.44. The lowest BCUT2D eigenvalue weighted by Gasteiger charge is -2.13. The van der Waals surface area contributed by atoms with Gasteiger partial charge < -0.3 is 4.74 Å². The van der Waals surface area contributed by atoms with Crippen molar-refractivity contribution in [3.63, 3.8) is 0 Å². The van der Waals surface area contributed by atoms with E-state index in [4.69, 9.17) is 9.72 Å². The minimum absolute atomic E-state index is 0.341. The Hall–Kier alpha value is -2.69. The molecular weight excluding hydrogens is 326 g/mol. The number of pyridine rings is 1. The highest BCUT2D eigenvalue weighted by Crippen LogP contribution is 2.40. The molecule has 0 N–H and O–H groups in total. The van der Waals surface area contributed by atoms with E-state index in [0.29, 0.717) is 17.2 Å². The molecule has 1 saturated carbocycles. The van der Waals surface area contributed by atoms with Gasteiger partial charge in [0.2, 0.25) is 0 Å². The summed E-state index contributed by atoms with van der Waals surface area (Å²) < 4.78 is 7.61. The maximum atomic E-state index is 13.1. The zero-order valence-electron chi connectivity index (χ0n) is 15.9. The molecule has 1 aliphatic carbocycles. The van der Waals surface area contributed by atoms with Crippen molar-refractivity contribution in [2.24, 2.45) is 7.05 Å². The van der Waals surface area contributed by atoms with Crippen LogP contribution < -0.4 is 4.74 Å². The van der Waals surface area contributed by atoms with Crippen molar-refractivity contribution in [3.8, 4) is 5.75 Å². The monoisotopic (exact) mass is 349 g/mol. The largest absolute Gasteiger partial charge is 0.422 e. The molecule has 26 heavy (non-hydrogen) atoms. The molecular formula is C21H23N3O2. The number of nitrogens with zero attached hydrogens (tertiary/aromatic N) is 3. The van der Waals surface area contributed by atoms with Crippen molar-refractivity contribution in [2.75, 3.05) is 0 Å². The number of esters is 1. The molecule has 3 aromatic rings. The van der Waals surface area contributed by atoms with E-state index in [-0.39, 0.29) is 5.97 Å². The molecule has 0 saturated heterocycles. The first-order valence-electron chi connectivity index (χ1n) is 9.00. The van der Waals surface area contributed by atoms with Crippen LogP contribution in [0.2, 0.25) is 0 Å². The number of carbonyl (C=O) groups excluding carboxylic acids is 1. The Morgan fingerprint density at radius 1 is 1.15 bits per heavy atom. The third-order valence-corrected chi connectivity index (χ3v) is 5.27. The number of fused-ring (bicyclic) bond motifs is 1. The molecule has 1 aliphatic rings. The van der Waals surface area contributed by atoms with E-state index in [1.807, 2.05) is 52.9 Å². The Kier molecular flexibility index (Phi) is 3.83. The summed E-state index contributed by atoms with van der Waals surface area (Å²) in [5.74, 6) is 0.755. The minimum atomic E-state index is -0.341. The zero-order chi connectivity index (χ0) is 18.6. The second-order valence-electron chi connectivity index (χ2n) is 7.32. The highest BCUT2D eigenvalue weighted by molar-refractivity contribution is 6.04. The fraction of sp³-hybridized carbons (Fsp3) is 0.381. The molecule has 0 amide bonds. The summed E-state index contributed by atoms with van der Waals surface area (Å²) in [5, 5.41) is 5.24. The molecule has 0 unspecified atom stereocenters. The van der Waals surface area contributed by atoms with Gasteiger partial charge in [-0.25, -0.2) is 9.78 Å².